The van der Waals surface area contributed by atoms with Gasteiger partial charge in [-0.3, -0.25) is 14.7 Å². The second-order valence-corrected chi connectivity index (χ2v) is 8.06. The van der Waals surface area contributed by atoms with E-state index in [0.717, 1.165) is 51.0 Å². The Hall–Kier alpha value is -1.56. The molecule has 2 unspecified atom stereocenters. The van der Waals surface area contributed by atoms with E-state index >= 15 is 0 Å². The van der Waals surface area contributed by atoms with Crippen molar-refractivity contribution in [3.8, 4) is 0 Å². The number of nitrogens with zero attached hydrogens (tertiary/aromatic N) is 2. The van der Waals surface area contributed by atoms with Gasteiger partial charge in [0.05, 0.1) is 5.69 Å². The first-order valence-electron chi connectivity index (χ1n) is 9.26. The number of pyridine rings is 1. The van der Waals surface area contributed by atoms with Crippen LogP contribution in [0.15, 0.2) is 24.4 Å². The summed E-state index contributed by atoms with van der Waals surface area (Å²) in [7, 11) is 0. The van der Waals surface area contributed by atoms with Crippen molar-refractivity contribution in [2.45, 2.75) is 57.0 Å². The Morgan fingerprint density at radius 3 is 2.88 bits per heavy atom. The molecule has 1 amide bonds. The van der Waals surface area contributed by atoms with Crippen molar-refractivity contribution in [1.82, 2.24) is 15.2 Å². The van der Waals surface area contributed by atoms with Gasteiger partial charge in [-0.25, -0.2) is 8.78 Å². The number of hydrogen-bond donors (Lipinski definition) is 1. The number of aromatic nitrogens is 1. The lowest BCUT2D eigenvalue weighted by Crippen LogP contribution is -2.53. The molecule has 4 nitrogen and oxygen atoms in total. The Labute approximate surface area is 147 Å². The average Bonchev–Trinajstić information content (AvgIpc) is 3.14. The summed E-state index contributed by atoms with van der Waals surface area (Å²) in [5.74, 6) is -2.62. The Bertz CT molecular complexity index is 631. The van der Waals surface area contributed by atoms with Crippen LogP contribution >= 0.6 is 0 Å². The molecule has 1 spiro atoms. The predicted molar refractivity (Wildman–Crippen MR) is 90.0 cm³/mol. The summed E-state index contributed by atoms with van der Waals surface area (Å²) >= 11 is 0. The molecule has 2 saturated carbocycles. The number of carbonyl (C=O) groups is 1. The van der Waals surface area contributed by atoms with Crippen LogP contribution in [-0.2, 0) is 11.3 Å². The van der Waals surface area contributed by atoms with Gasteiger partial charge in [-0.05, 0) is 43.4 Å². The van der Waals surface area contributed by atoms with Crippen molar-refractivity contribution < 1.29 is 13.6 Å². The van der Waals surface area contributed by atoms with Crippen molar-refractivity contribution in [3.05, 3.63) is 30.1 Å². The van der Waals surface area contributed by atoms with Gasteiger partial charge >= 0.3 is 0 Å². The van der Waals surface area contributed by atoms with Gasteiger partial charge in [0.15, 0.2) is 0 Å². The van der Waals surface area contributed by atoms with Gasteiger partial charge in [-0.1, -0.05) is 12.5 Å². The molecule has 3 aliphatic rings. The van der Waals surface area contributed by atoms with Crippen LogP contribution in [0, 0.1) is 11.3 Å². The Balaban J connectivity index is 1.37. The van der Waals surface area contributed by atoms with E-state index in [1.807, 2.05) is 18.2 Å². The molecule has 1 N–H and O–H groups in total. The summed E-state index contributed by atoms with van der Waals surface area (Å²) in [6.45, 7) is 2.69. The molecule has 136 valence electrons. The van der Waals surface area contributed by atoms with Crippen LogP contribution in [0.4, 0.5) is 8.78 Å². The zero-order valence-corrected chi connectivity index (χ0v) is 14.4. The molecule has 6 heteroatoms. The van der Waals surface area contributed by atoms with Gasteiger partial charge in [0.1, 0.15) is 0 Å². The van der Waals surface area contributed by atoms with Crippen LogP contribution < -0.4 is 5.32 Å². The summed E-state index contributed by atoms with van der Waals surface area (Å²) in [5.41, 5.74) is 1.07. The minimum atomic E-state index is -2.59. The van der Waals surface area contributed by atoms with Gasteiger partial charge in [0, 0.05) is 44.1 Å². The van der Waals surface area contributed by atoms with E-state index in [-0.39, 0.29) is 36.1 Å². The summed E-state index contributed by atoms with van der Waals surface area (Å²) in [6, 6.07) is 5.59. The predicted octanol–water partition coefficient (Wildman–Crippen LogP) is 2.99. The molecule has 2 atom stereocenters. The van der Waals surface area contributed by atoms with Crippen molar-refractivity contribution >= 4 is 5.91 Å². The van der Waals surface area contributed by atoms with Crippen molar-refractivity contribution in [2.24, 2.45) is 11.3 Å². The van der Waals surface area contributed by atoms with Crippen LogP contribution in [0.25, 0.3) is 0 Å². The van der Waals surface area contributed by atoms with Crippen LogP contribution in [0.2, 0.25) is 0 Å². The quantitative estimate of drug-likeness (QED) is 0.909. The third kappa shape index (κ3) is 3.41. The first-order chi connectivity index (χ1) is 12.0. The Morgan fingerprint density at radius 2 is 2.16 bits per heavy atom. The molecule has 1 aliphatic heterocycles. The maximum atomic E-state index is 13.0. The fourth-order valence-corrected chi connectivity index (χ4v) is 4.94. The maximum absolute atomic E-state index is 13.0. The number of nitrogens with one attached hydrogen (secondary N) is 1. The molecular weight excluding hydrogens is 324 g/mol. The van der Waals surface area contributed by atoms with E-state index < -0.39 is 5.92 Å². The number of amides is 1. The van der Waals surface area contributed by atoms with Gasteiger partial charge in [-0.15, -0.1) is 0 Å². The molecule has 1 aromatic heterocycles. The SMILES string of the molecule is O=C(NC1CC(F)(F)C1)C1CCCC12CCN(Cc1ccccn1)C2. The lowest BCUT2D eigenvalue weighted by atomic mass is 9.76. The standard InChI is InChI=1S/C19H25F2N3O/c20-19(21)10-15(11-19)23-17(25)16-5-3-6-18(16)7-9-24(13-18)12-14-4-1-2-8-22-14/h1-2,4,8,15-16H,3,5-7,9-13H2,(H,23,25). The molecule has 2 heterocycles. The number of hydrogen-bond acceptors (Lipinski definition) is 3. The largest absolute Gasteiger partial charge is 0.353 e. The Kier molecular flexibility index (Phi) is 4.26. The van der Waals surface area contributed by atoms with Crippen molar-refractivity contribution in [2.75, 3.05) is 13.1 Å². The maximum Gasteiger partial charge on any atom is 0.252 e. The first kappa shape index (κ1) is 16.9. The highest BCUT2D eigenvalue weighted by molar-refractivity contribution is 5.80. The fourth-order valence-electron chi connectivity index (χ4n) is 4.94. The Morgan fingerprint density at radius 1 is 1.32 bits per heavy atom. The van der Waals surface area contributed by atoms with Crippen LogP contribution in [-0.4, -0.2) is 40.8 Å². The van der Waals surface area contributed by atoms with Crippen LogP contribution in [0.3, 0.4) is 0 Å². The van der Waals surface area contributed by atoms with Crippen LogP contribution in [0.5, 0.6) is 0 Å². The highest BCUT2D eigenvalue weighted by Gasteiger charge is 2.52. The highest BCUT2D eigenvalue weighted by atomic mass is 19.3. The van der Waals surface area contributed by atoms with E-state index in [1.165, 1.54) is 0 Å². The highest BCUT2D eigenvalue weighted by Crippen LogP contribution is 2.50. The first-order valence-corrected chi connectivity index (χ1v) is 9.26. The summed E-state index contributed by atoms with van der Waals surface area (Å²) in [5, 5.41) is 2.88. The summed E-state index contributed by atoms with van der Waals surface area (Å²) in [6.07, 6.45) is 5.40. The lowest BCUT2D eigenvalue weighted by molar-refractivity contribution is -0.135. The summed E-state index contributed by atoms with van der Waals surface area (Å²) in [4.78, 5) is 19.5. The molecule has 0 radical (unpaired) electrons. The second kappa shape index (κ2) is 6.31. The summed E-state index contributed by atoms with van der Waals surface area (Å²) < 4.78 is 26.0. The zero-order chi connectivity index (χ0) is 17.5. The number of alkyl halides is 2. The molecule has 1 saturated heterocycles. The van der Waals surface area contributed by atoms with Gasteiger partial charge in [0.25, 0.3) is 5.92 Å². The topological polar surface area (TPSA) is 45.2 Å². The third-order valence-corrected chi connectivity index (χ3v) is 6.24. The number of rotatable bonds is 4. The van der Waals surface area contributed by atoms with Crippen molar-refractivity contribution in [3.63, 3.8) is 0 Å². The molecule has 4 rings (SSSR count). The van der Waals surface area contributed by atoms with E-state index in [2.05, 4.69) is 15.2 Å². The van der Waals surface area contributed by atoms with Crippen LogP contribution in [0.1, 0.15) is 44.2 Å². The molecule has 0 aromatic carbocycles. The lowest BCUT2D eigenvalue weighted by Gasteiger charge is -2.38. The molecular formula is C19H25F2N3O. The van der Waals surface area contributed by atoms with Crippen molar-refractivity contribution in [1.29, 1.82) is 0 Å². The van der Waals surface area contributed by atoms with Gasteiger partial charge in [-0.2, -0.15) is 0 Å². The number of carbonyl (C=O) groups excluding carboxylic acids is 1. The van der Waals surface area contributed by atoms with E-state index in [9.17, 15) is 13.6 Å². The minimum absolute atomic E-state index is 0.00214. The molecule has 2 aliphatic carbocycles. The zero-order valence-electron chi connectivity index (χ0n) is 14.4. The second-order valence-electron chi connectivity index (χ2n) is 8.06. The van der Waals surface area contributed by atoms with E-state index in [0.29, 0.717) is 0 Å². The third-order valence-electron chi connectivity index (χ3n) is 6.24. The molecule has 0 bridgehead atoms. The monoisotopic (exact) mass is 349 g/mol. The molecule has 3 fully saturated rings. The molecule has 1 aromatic rings. The number of likely N-dealkylation sites (tertiary alicyclic amines) is 1. The van der Waals surface area contributed by atoms with Gasteiger partial charge in [0.2, 0.25) is 5.91 Å². The minimum Gasteiger partial charge on any atom is -0.353 e. The molecule has 25 heavy (non-hydrogen) atoms. The smallest absolute Gasteiger partial charge is 0.252 e. The average molecular weight is 349 g/mol. The van der Waals surface area contributed by atoms with Gasteiger partial charge < -0.3 is 5.32 Å². The normalized spacial score (nSPS) is 32.0. The fraction of sp³-hybridized carbons (Fsp3) is 0.684. The number of halogens is 2. The van der Waals surface area contributed by atoms with E-state index in [1.54, 1.807) is 6.20 Å². The van der Waals surface area contributed by atoms with E-state index in [4.69, 9.17) is 0 Å².